The molecular weight excluding hydrogens is 487 g/mol. The van der Waals surface area contributed by atoms with Crippen molar-refractivity contribution in [3.63, 3.8) is 0 Å². The molecule has 0 bridgehead atoms. The van der Waals surface area contributed by atoms with Crippen LogP contribution < -0.4 is 10.6 Å². The Kier molecular flexibility index (Phi) is 11.5. The standard InChI is InChI=1S/C24H34N4O.HI/c1-6-25-24(27-15-13-21-11-10-18(2)16-19(21)3)26-14-12-20-8-7-9-22(17-20)23(29)28(4)5;/h7-11,16-17H,6,12-15H2,1-5H3,(H2,25,26,27);1H. The molecule has 0 aliphatic carbocycles. The van der Waals surface area contributed by atoms with Crippen molar-refractivity contribution in [3.8, 4) is 0 Å². The van der Waals surface area contributed by atoms with Crippen molar-refractivity contribution in [2.45, 2.75) is 33.6 Å². The van der Waals surface area contributed by atoms with E-state index in [1.807, 2.05) is 18.2 Å². The molecule has 164 valence electrons. The van der Waals surface area contributed by atoms with E-state index in [4.69, 9.17) is 4.99 Å². The van der Waals surface area contributed by atoms with Gasteiger partial charge in [-0.3, -0.25) is 9.79 Å². The lowest BCUT2D eigenvalue weighted by molar-refractivity contribution is 0.0827. The van der Waals surface area contributed by atoms with Crippen LogP contribution >= 0.6 is 24.0 Å². The Balaban J connectivity index is 0.00000450. The number of carbonyl (C=O) groups excluding carboxylic acids is 1. The van der Waals surface area contributed by atoms with Crippen LogP contribution in [0.3, 0.4) is 0 Å². The van der Waals surface area contributed by atoms with Gasteiger partial charge in [0.05, 0.1) is 0 Å². The zero-order valence-corrected chi connectivity index (χ0v) is 21.1. The first kappa shape index (κ1) is 25.9. The van der Waals surface area contributed by atoms with Crippen LogP contribution in [0.4, 0.5) is 0 Å². The molecule has 1 amide bonds. The highest BCUT2D eigenvalue weighted by Gasteiger charge is 2.08. The van der Waals surface area contributed by atoms with Crippen molar-refractivity contribution < 1.29 is 4.79 Å². The van der Waals surface area contributed by atoms with Crippen LogP contribution in [0.1, 0.15) is 39.5 Å². The van der Waals surface area contributed by atoms with Gasteiger partial charge in [-0.25, -0.2) is 0 Å². The number of hydrogen-bond acceptors (Lipinski definition) is 2. The first-order valence-corrected chi connectivity index (χ1v) is 10.3. The molecular formula is C24H35IN4O. The number of amides is 1. The van der Waals surface area contributed by atoms with Gasteiger partial charge in [0.2, 0.25) is 0 Å². The third-order valence-corrected chi connectivity index (χ3v) is 4.78. The van der Waals surface area contributed by atoms with Crippen molar-refractivity contribution in [1.29, 1.82) is 0 Å². The van der Waals surface area contributed by atoms with Gasteiger partial charge in [-0.15, -0.1) is 24.0 Å². The maximum Gasteiger partial charge on any atom is 0.253 e. The van der Waals surface area contributed by atoms with Gasteiger partial charge in [0.15, 0.2) is 5.96 Å². The topological polar surface area (TPSA) is 56.7 Å². The molecule has 0 unspecified atom stereocenters. The molecule has 2 aromatic carbocycles. The maximum atomic E-state index is 12.1. The predicted molar refractivity (Wildman–Crippen MR) is 137 cm³/mol. The van der Waals surface area contributed by atoms with Crippen molar-refractivity contribution in [1.82, 2.24) is 15.5 Å². The van der Waals surface area contributed by atoms with Crippen molar-refractivity contribution in [2.24, 2.45) is 4.99 Å². The first-order chi connectivity index (χ1) is 13.9. The summed E-state index contributed by atoms with van der Waals surface area (Å²) in [7, 11) is 3.54. The summed E-state index contributed by atoms with van der Waals surface area (Å²) in [5.74, 6) is 0.860. The zero-order valence-electron chi connectivity index (χ0n) is 18.8. The minimum atomic E-state index is 0. The highest BCUT2D eigenvalue weighted by Crippen LogP contribution is 2.11. The summed E-state index contributed by atoms with van der Waals surface area (Å²) < 4.78 is 0. The van der Waals surface area contributed by atoms with Crippen LogP contribution in [0, 0.1) is 13.8 Å². The number of benzene rings is 2. The van der Waals surface area contributed by atoms with Crippen LogP contribution in [0.5, 0.6) is 0 Å². The number of nitrogens with one attached hydrogen (secondary N) is 2. The van der Waals surface area contributed by atoms with E-state index < -0.39 is 0 Å². The van der Waals surface area contributed by atoms with Crippen LogP contribution in [0.15, 0.2) is 47.5 Å². The number of hydrogen-bond donors (Lipinski definition) is 2. The SMILES string of the molecule is CCNC(=NCCc1ccc(C)cc1C)NCCc1cccc(C(=O)N(C)C)c1.I. The van der Waals surface area contributed by atoms with Crippen molar-refractivity contribution >= 4 is 35.8 Å². The number of rotatable bonds is 8. The molecule has 0 fully saturated rings. The number of carbonyl (C=O) groups is 1. The molecule has 0 spiro atoms. The first-order valence-electron chi connectivity index (χ1n) is 10.3. The Hall–Kier alpha value is -2.09. The summed E-state index contributed by atoms with van der Waals surface area (Å²) in [6.45, 7) is 8.67. The van der Waals surface area contributed by atoms with Crippen LogP contribution in [0.25, 0.3) is 0 Å². The largest absolute Gasteiger partial charge is 0.357 e. The van der Waals surface area contributed by atoms with Crippen molar-refractivity contribution in [2.75, 3.05) is 33.7 Å². The number of guanidine groups is 1. The number of aryl methyl sites for hydroxylation is 2. The normalized spacial score (nSPS) is 10.9. The molecule has 0 saturated heterocycles. The van der Waals surface area contributed by atoms with E-state index in [2.05, 4.69) is 55.7 Å². The Labute approximate surface area is 198 Å². The summed E-state index contributed by atoms with van der Waals surface area (Å²) in [4.78, 5) is 18.4. The van der Waals surface area contributed by atoms with Crippen LogP contribution in [0.2, 0.25) is 0 Å². The molecule has 5 nitrogen and oxygen atoms in total. The summed E-state index contributed by atoms with van der Waals surface area (Å²) >= 11 is 0. The molecule has 0 radical (unpaired) electrons. The summed E-state index contributed by atoms with van der Waals surface area (Å²) in [6.07, 6.45) is 1.76. The van der Waals surface area contributed by atoms with E-state index in [9.17, 15) is 4.79 Å². The molecule has 30 heavy (non-hydrogen) atoms. The average molecular weight is 522 g/mol. The molecule has 2 N–H and O–H groups in total. The van der Waals surface area contributed by atoms with Gasteiger partial charge in [-0.2, -0.15) is 0 Å². The van der Waals surface area contributed by atoms with E-state index in [0.29, 0.717) is 0 Å². The molecule has 0 saturated carbocycles. The van der Waals surface area contributed by atoms with Crippen LogP contribution in [-0.2, 0) is 12.8 Å². The van der Waals surface area contributed by atoms with Crippen molar-refractivity contribution in [3.05, 3.63) is 70.3 Å². The molecule has 6 heteroatoms. The Morgan fingerprint density at radius 1 is 1.03 bits per heavy atom. The summed E-state index contributed by atoms with van der Waals surface area (Å²) in [5, 5.41) is 6.70. The molecule has 2 aromatic rings. The number of halogens is 1. The number of aliphatic imine (C=N–C) groups is 1. The van der Waals surface area contributed by atoms with Gasteiger partial charge in [0.25, 0.3) is 5.91 Å². The smallest absolute Gasteiger partial charge is 0.253 e. The second-order valence-corrected chi connectivity index (χ2v) is 7.52. The second-order valence-electron chi connectivity index (χ2n) is 7.52. The van der Waals surface area contributed by atoms with E-state index in [1.54, 1.807) is 19.0 Å². The van der Waals surface area contributed by atoms with E-state index in [-0.39, 0.29) is 29.9 Å². The minimum absolute atomic E-state index is 0. The lowest BCUT2D eigenvalue weighted by Gasteiger charge is -2.13. The monoisotopic (exact) mass is 522 g/mol. The molecule has 0 atom stereocenters. The quantitative estimate of drug-likeness (QED) is 0.314. The molecule has 0 aliphatic heterocycles. The third-order valence-electron chi connectivity index (χ3n) is 4.78. The molecule has 2 rings (SSSR count). The van der Waals surface area contributed by atoms with Gasteiger partial charge in [0, 0.05) is 39.3 Å². The Morgan fingerprint density at radius 2 is 1.80 bits per heavy atom. The fraction of sp³-hybridized carbons (Fsp3) is 0.417. The van der Waals surface area contributed by atoms with E-state index in [1.165, 1.54) is 16.7 Å². The van der Waals surface area contributed by atoms with Gasteiger partial charge in [-0.1, -0.05) is 35.9 Å². The zero-order chi connectivity index (χ0) is 21.2. The number of nitrogens with zero attached hydrogens (tertiary/aromatic N) is 2. The Morgan fingerprint density at radius 3 is 2.47 bits per heavy atom. The fourth-order valence-electron chi connectivity index (χ4n) is 3.20. The summed E-state index contributed by atoms with van der Waals surface area (Å²) in [5.41, 5.74) is 5.82. The van der Waals surface area contributed by atoms with E-state index >= 15 is 0 Å². The minimum Gasteiger partial charge on any atom is -0.357 e. The lowest BCUT2D eigenvalue weighted by atomic mass is 10.0. The van der Waals surface area contributed by atoms with Gasteiger partial charge in [0.1, 0.15) is 0 Å². The highest BCUT2D eigenvalue weighted by atomic mass is 127. The van der Waals surface area contributed by atoms with Gasteiger partial charge < -0.3 is 15.5 Å². The third kappa shape index (κ3) is 8.34. The average Bonchev–Trinajstić information content (AvgIpc) is 2.69. The maximum absolute atomic E-state index is 12.1. The highest BCUT2D eigenvalue weighted by molar-refractivity contribution is 14.0. The fourth-order valence-corrected chi connectivity index (χ4v) is 3.20. The summed E-state index contributed by atoms with van der Waals surface area (Å²) in [6, 6.07) is 14.4. The lowest BCUT2D eigenvalue weighted by Crippen LogP contribution is -2.38. The van der Waals surface area contributed by atoms with Gasteiger partial charge >= 0.3 is 0 Å². The Bertz CT molecular complexity index is 849. The van der Waals surface area contributed by atoms with Gasteiger partial charge in [-0.05, 0) is 62.4 Å². The molecule has 0 heterocycles. The van der Waals surface area contributed by atoms with E-state index in [0.717, 1.165) is 49.6 Å². The molecule has 0 aromatic heterocycles. The second kappa shape index (κ2) is 13.3. The predicted octanol–water partition coefficient (Wildman–Crippen LogP) is 3.96. The van der Waals surface area contributed by atoms with Crippen LogP contribution in [-0.4, -0.2) is 50.5 Å². The molecule has 0 aliphatic rings.